The fraction of sp³-hybridized carbons (Fsp3) is 0.125. The number of nitro groups is 1. The molecule has 0 aliphatic rings. The van der Waals surface area contributed by atoms with Gasteiger partial charge in [-0.2, -0.15) is 5.10 Å². The van der Waals surface area contributed by atoms with Crippen LogP contribution in [0.4, 0.5) is 5.69 Å². The zero-order chi connectivity index (χ0) is 23.4. The average Bonchev–Trinajstić information content (AvgIpc) is 2.84. The van der Waals surface area contributed by atoms with Gasteiger partial charge in [-0.05, 0) is 29.3 Å². The van der Waals surface area contributed by atoms with Crippen LogP contribution in [0, 0.1) is 10.1 Å². The van der Waals surface area contributed by atoms with Crippen LogP contribution in [0.3, 0.4) is 0 Å². The van der Waals surface area contributed by atoms with Crippen molar-refractivity contribution in [1.82, 2.24) is 15.1 Å². The highest BCUT2D eigenvalue weighted by molar-refractivity contribution is 6.04. The van der Waals surface area contributed by atoms with Crippen LogP contribution in [-0.4, -0.2) is 32.3 Å². The summed E-state index contributed by atoms with van der Waals surface area (Å²) in [6, 6.07) is 21.5. The van der Waals surface area contributed by atoms with E-state index in [2.05, 4.69) is 10.4 Å². The summed E-state index contributed by atoms with van der Waals surface area (Å²) in [6.45, 7) is 0.0701. The second-order valence-electron chi connectivity index (χ2n) is 7.42. The largest absolute Gasteiger partial charge is 0.387 e. The molecule has 3 aromatic carbocycles. The van der Waals surface area contributed by atoms with E-state index in [4.69, 9.17) is 0 Å². The van der Waals surface area contributed by atoms with Crippen molar-refractivity contribution in [3.05, 3.63) is 116 Å². The smallest absolute Gasteiger partial charge is 0.274 e. The van der Waals surface area contributed by atoms with Crippen LogP contribution in [-0.2, 0) is 6.54 Å². The number of amides is 1. The Morgan fingerprint density at radius 2 is 1.64 bits per heavy atom. The molecule has 2 N–H and O–H groups in total. The highest BCUT2D eigenvalue weighted by Crippen LogP contribution is 2.18. The molecular weight excluding hydrogens is 424 g/mol. The van der Waals surface area contributed by atoms with E-state index < -0.39 is 16.9 Å². The normalized spacial score (nSPS) is 11.8. The molecule has 1 atom stereocenters. The van der Waals surface area contributed by atoms with Crippen LogP contribution in [0.25, 0.3) is 10.8 Å². The lowest BCUT2D eigenvalue weighted by Crippen LogP contribution is -2.33. The minimum absolute atomic E-state index is 0.0667. The van der Waals surface area contributed by atoms with E-state index in [0.717, 1.165) is 5.56 Å². The molecule has 1 heterocycles. The number of benzene rings is 3. The molecular formula is C24H20N4O5. The molecule has 0 aliphatic heterocycles. The molecule has 0 radical (unpaired) electrons. The van der Waals surface area contributed by atoms with Crippen molar-refractivity contribution < 1.29 is 14.8 Å². The Labute approximate surface area is 188 Å². The summed E-state index contributed by atoms with van der Waals surface area (Å²) >= 11 is 0. The van der Waals surface area contributed by atoms with Gasteiger partial charge in [0.05, 0.1) is 23.0 Å². The molecule has 33 heavy (non-hydrogen) atoms. The highest BCUT2D eigenvalue weighted by atomic mass is 16.6. The lowest BCUT2D eigenvalue weighted by molar-refractivity contribution is -0.384. The van der Waals surface area contributed by atoms with Gasteiger partial charge in [0.2, 0.25) is 0 Å². The molecule has 1 amide bonds. The van der Waals surface area contributed by atoms with Gasteiger partial charge in [-0.15, -0.1) is 0 Å². The summed E-state index contributed by atoms with van der Waals surface area (Å²) in [5.74, 6) is -0.547. The quantitative estimate of drug-likeness (QED) is 0.333. The van der Waals surface area contributed by atoms with Crippen LogP contribution in [0.2, 0.25) is 0 Å². The first-order valence-electron chi connectivity index (χ1n) is 10.2. The topological polar surface area (TPSA) is 127 Å². The molecule has 1 aromatic heterocycles. The molecule has 4 aromatic rings. The van der Waals surface area contributed by atoms with E-state index in [9.17, 15) is 24.8 Å². The van der Waals surface area contributed by atoms with Crippen LogP contribution >= 0.6 is 0 Å². The second kappa shape index (κ2) is 9.41. The maximum absolute atomic E-state index is 13.0. The van der Waals surface area contributed by atoms with Crippen molar-refractivity contribution in [3.8, 4) is 0 Å². The number of non-ortho nitro benzene ring substituents is 1. The van der Waals surface area contributed by atoms with Gasteiger partial charge in [-0.3, -0.25) is 19.7 Å². The number of aliphatic hydroxyl groups is 1. The van der Waals surface area contributed by atoms with E-state index in [1.165, 1.54) is 28.9 Å². The Morgan fingerprint density at radius 3 is 2.30 bits per heavy atom. The van der Waals surface area contributed by atoms with Crippen LogP contribution < -0.4 is 10.9 Å². The van der Waals surface area contributed by atoms with Gasteiger partial charge < -0.3 is 10.4 Å². The first-order chi connectivity index (χ1) is 15.9. The predicted molar refractivity (Wildman–Crippen MR) is 122 cm³/mol. The Hall–Kier alpha value is -4.37. The SMILES string of the molecule is O=C(NC[C@H](O)c1ccc([N+](=O)[O-])cc1)c1nn(Cc2ccccc2)c(=O)c2ccccc12. The Kier molecular flexibility index (Phi) is 6.23. The maximum Gasteiger partial charge on any atom is 0.274 e. The van der Waals surface area contributed by atoms with Crippen molar-refractivity contribution >= 4 is 22.4 Å². The number of aromatic nitrogens is 2. The van der Waals surface area contributed by atoms with Gasteiger partial charge in [0.1, 0.15) is 0 Å². The van der Waals surface area contributed by atoms with Gasteiger partial charge in [-0.25, -0.2) is 4.68 Å². The summed E-state index contributed by atoms with van der Waals surface area (Å²) in [4.78, 5) is 36.1. The molecule has 0 bridgehead atoms. The average molecular weight is 444 g/mol. The van der Waals surface area contributed by atoms with Crippen molar-refractivity contribution in [2.75, 3.05) is 6.54 Å². The molecule has 0 aliphatic carbocycles. The molecule has 9 heteroatoms. The Bertz CT molecular complexity index is 1370. The second-order valence-corrected chi connectivity index (χ2v) is 7.42. The van der Waals surface area contributed by atoms with E-state index in [0.29, 0.717) is 16.3 Å². The van der Waals surface area contributed by atoms with E-state index >= 15 is 0 Å². The summed E-state index contributed by atoms with van der Waals surface area (Å²) in [5.41, 5.74) is 0.954. The first kappa shape index (κ1) is 21.8. The molecule has 9 nitrogen and oxygen atoms in total. The third-order valence-electron chi connectivity index (χ3n) is 5.20. The number of hydrogen-bond donors (Lipinski definition) is 2. The van der Waals surface area contributed by atoms with Gasteiger partial charge in [0.15, 0.2) is 5.69 Å². The van der Waals surface area contributed by atoms with E-state index in [1.807, 2.05) is 30.3 Å². The Balaban J connectivity index is 1.58. The molecule has 0 fully saturated rings. The fourth-order valence-corrected chi connectivity index (χ4v) is 3.48. The summed E-state index contributed by atoms with van der Waals surface area (Å²) in [5, 5.41) is 28.9. The molecule has 0 saturated carbocycles. The van der Waals surface area contributed by atoms with Gasteiger partial charge in [0, 0.05) is 24.1 Å². The van der Waals surface area contributed by atoms with Gasteiger partial charge in [-0.1, -0.05) is 48.5 Å². The summed E-state index contributed by atoms with van der Waals surface area (Å²) in [7, 11) is 0. The number of hydrogen-bond acceptors (Lipinski definition) is 6. The van der Waals surface area contributed by atoms with Crippen molar-refractivity contribution in [1.29, 1.82) is 0 Å². The van der Waals surface area contributed by atoms with Crippen LogP contribution in [0.15, 0.2) is 83.7 Å². The van der Waals surface area contributed by atoms with Crippen LogP contribution in [0.1, 0.15) is 27.7 Å². The molecule has 4 rings (SSSR count). The van der Waals surface area contributed by atoms with Gasteiger partial charge in [0.25, 0.3) is 17.2 Å². The zero-order valence-electron chi connectivity index (χ0n) is 17.4. The molecule has 0 saturated heterocycles. The van der Waals surface area contributed by atoms with Crippen molar-refractivity contribution in [3.63, 3.8) is 0 Å². The standard InChI is InChI=1S/C24H20N4O5/c29-21(17-10-12-18(13-11-17)28(32)33)14-25-23(30)22-19-8-4-5-9-20(19)24(31)27(26-22)15-16-6-2-1-3-7-16/h1-13,21,29H,14-15H2,(H,25,30)/t21-/m0/s1. The highest BCUT2D eigenvalue weighted by Gasteiger charge is 2.18. The number of nitrogens with zero attached hydrogens (tertiary/aromatic N) is 3. The number of nitrogens with one attached hydrogen (secondary N) is 1. The fourth-order valence-electron chi connectivity index (χ4n) is 3.48. The van der Waals surface area contributed by atoms with Gasteiger partial charge >= 0.3 is 0 Å². The monoisotopic (exact) mass is 444 g/mol. The van der Waals surface area contributed by atoms with Crippen molar-refractivity contribution in [2.24, 2.45) is 0 Å². The Morgan fingerprint density at radius 1 is 1.00 bits per heavy atom. The molecule has 166 valence electrons. The van der Waals surface area contributed by atoms with Crippen molar-refractivity contribution in [2.45, 2.75) is 12.6 Å². The lowest BCUT2D eigenvalue weighted by atomic mass is 10.1. The number of nitro benzene ring substituents is 1. The predicted octanol–water partition coefficient (Wildman–Crippen LogP) is 2.82. The molecule has 0 unspecified atom stereocenters. The first-order valence-corrected chi connectivity index (χ1v) is 10.2. The summed E-state index contributed by atoms with van der Waals surface area (Å²) in [6.07, 6.45) is -1.07. The number of carbonyl (C=O) groups excluding carboxylic acids is 1. The maximum atomic E-state index is 13.0. The molecule has 0 spiro atoms. The number of rotatable bonds is 7. The number of carbonyl (C=O) groups is 1. The number of fused-ring (bicyclic) bond motifs is 1. The third-order valence-corrected chi connectivity index (χ3v) is 5.20. The summed E-state index contributed by atoms with van der Waals surface area (Å²) < 4.78 is 1.25. The number of aliphatic hydroxyl groups excluding tert-OH is 1. The minimum atomic E-state index is -1.07. The lowest BCUT2D eigenvalue weighted by Gasteiger charge is -2.14. The van der Waals surface area contributed by atoms with E-state index in [1.54, 1.807) is 24.3 Å². The zero-order valence-corrected chi connectivity index (χ0v) is 17.4. The third kappa shape index (κ3) is 4.78. The van der Waals surface area contributed by atoms with E-state index in [-0.39, 0.29) is 30.0 Å². The minimum Gasteiger partial charge on any atom is -0.387 e. The van der Waals surface area contributed by atoms with Crippen LogP contribution in [0.5, 0.6) is 0 Å².